The largest absolute Gasteiger partial charge is 0.460 e. The van der Waals surface area contributed by atoms with Crippen molar-refractivity contribution in [3.8, 4) is 0 Å². The average Bonchev–Trinajstić information content (AvgIpc) is 2.59. The third-order valence-corrected chi connectivity index (χ3v) is 1.94. The second-order valence-electron chi connectivity index (χ2n) is 4.85. The fraction of sp³-hybridized carbons (Fsp3) is 0.583. The van der Waals surface area contributed by atoms with Crippen LogP contribution in [0.5, 0.6) is 0 Å². The molecule has 0 unspecified atom stereocenters. The zero-order valence-corrected chi connectivity index (χ0v) is 10.4. The van der Waals surface area contributed by atoms with Crippen LogP contribution in [0.4, 0.5) is 13.2 Å². The first kappa shape index (κ1) is 14.6. The number of ether oxygens (including phenoxy) is 1. The van der Waals surface area contributed by atoms with Gasteiger partial charge < -0.3 is 9.15 Å². The minimum atomic E-state index is -4.50. The predicted molar refractivity (Wildman–Crippen MR) is 57.9 cm³/mol. The van der Waals surface area contributed by atoms with Gasteiger partial charge in [0.15, 0.2) is 0 Å². The van der Waals surface area contributed by atoms with Crippen LogP contribution < -0.4 is 0 Å². The molecule has 0 saturated carbocycles. The molecule has 3 nitrogen and oxygen atoms in total. The Kier molecular flexibility index (Phi) is 4.09. The Morgan fingerprint density at radius 1 is 1.28 bits per heavy atom. The summed E-state index contributed by atoms with van der Waals surface area (Å²) in [5.41, 5.74) is -0.600. The molecule has 0 aliphatic rings. The Labute approximate surface area is 103 Å². The molecule has 102 valence electrons. The quantitative estimate of drug-likeness (QED) is 0.783. The molecular formula is C12H15F3O3. The highest BCUT2D eigenvalue weighted by Crippen LogP contribution is 2.30. The Hall–Kier alpha value is -1.46. The van der Waals surface area contributed by atoms with Crippen molar-refractivity contribution < 1.29 is 27.1 Å². The first-order valence-electron chi connectivity index (χ1n) is 5.46. The molecule has 0 amide bonds. The maximum Gasteiger partial charge on any atom is 0.449 e. The van der Waals surface area contributed by atoms with Gasteiger partial charge in [0.05, 0.1) is 6.42 Å². The molecule has 0 saturated heterocycles. The summed E-state index contributed by atoms with van der Waals surface area (Å²) in [6.45, 7) is 5.17. The van der Waals surface area contributed by atoms with Crippen LogP contribution in [0, 0.1) is 0 Å². The molecule has 0 spiro atoms. The summed E-state index contributed by atoms with van der Waals surface area (Å²) in [7, 11) is 0. The number of aryl methyl sites for hydroxylation is 1. The zero-order chi connectivity index (χ0) is 14.0. The second-order valence-corrected chi connectivity index (χ2v) is 4.85. The number of furan rings is 1. The van der Waals surface area contributed by atoms with Crippen LogP contribution >= 0.6 is 0 Å². The average molecular weight is 264 g/mol. The predicted octanol–water partition coefficient (Wildman–Crippen LogP) is 3.57. The number of hydrogen-bond donors (Lipinski definition) is 0. The molecule has 1 heterocycles. The van der Waals surface area contributed by atoms with Crippen molar-refractivity contribution >= 4 is 5.97 Å². The van der Waals surface area contributed by atoms with Crippen LogP contribution in [-0.4, -0.2) is 11.6 Å². The Balaban J connectivity index is 2.50. The highest BCUT2D eigenvalue weighted by molar-refractivity contribution is 5.70. The van der Waals surface area contributed by atoms with E-state index in [1.807, 2.05) is 0 Å². The van der Waals surface area contributed by atoms with Crippen LogP contribution in [-0.2, 0) is 22.1 Å². The second kappa shape index (κ2) is 5.04. The number of hydrogen-bond acceptors (Lipinski definition) is 3. The highest BCUT2D eigenvalue weighted by atomic mass is 19.4. The van der Waals surface area contributed by atoms with E-state index in [1.54, 1.807) is 20.8 Å². The van der Waals surface area contributed by atoms with Crippen LogP contribution in [0.2, 0.25) is 0 Å². The van der Waals surface area contributed by atoms with E-state index in [4.69, 9.17) is 4.74 Å². The summed E-state index contributed by atoms with van der Waals surface area (Å²) < 4.78 is 46.3. The molecule has 0 aliphatic heterocycles. The number of rotatable bonds is 3. The maximum absolute atomic E-state index is 12.2. The first-order chi connectivity index (χ1) is 8.08. The Bertz CT molecular complexity index is 413. The molecule has 0 aromatic carbocycles. The van der Waals surface area contributed by atoms with E-state index in [1.165, 1.54) is 6.07 Å². The van der Waals surface area contributed by atoms with Gasteiger partial charge in [-0.05, 0) is 32.9 Å². The maximum atomic E-state index is 12.2. The van der Waals surface area contributed by atoms with E-state index >= 15 is 0 Å². The third-order valence-electron chi connectivity index (χ3n) is 1.94. The molecule has 0 bridgehead atoms. The van der Waals surface area contributed by atoms with Crippen molar-refractivity contribution in [2.24, 2.45) is 0 Å². The molecule has 1 aromatic heterocycles. The molecule has 0 fully saturated rings. The van der Waals surface area contributed by atoms with Gasteiger partial charge in [0.25, 0.3) is 0 Å². The van der Waals surface area contributed by atoms with Crippen molar-refractivity contribution in [1.82, 2.24) is 0 Å². The van der Waals surface area contributed by atoms with Crippen molar-refractivity contribution in [3.05, 3.63) is 23.7 Å². The van der Waals surface area contributed by atoms with Crippen LogP contribution in [0.15, 0.2) is 16.5 Å². The summed E-state index contributed by atoms with van der Waals surface area (Å²) >= 11 is 0. The first-order valence-corrected chi connectivity index (χ1v) is 5.46. The smallest absolute Gasteiger partial charge is 0.449 e. The summed E-state index contributed by atoms with van der Waals surface area (Å²) in [6, 6.07) is 2.07. The van der Waals surface area contributed by atoms with Crippen molar-refractivity contribution in [2.45, 2.75) is 45.4 Å². The summed E-state index contributed by atoms with van der Waals surface area (Å²) in [5, 5.41) is 0. The van der Waals surface area contributed by atoms with E-state index in [9.17, 15) is 18.0 Å². The van der Waals surface area contributed by atoms with Gasteiger partial charge in [-0.3, -0.25) is 4.79 Å². The SMILES string of the molecule is CC(C)(C)OC(=O)CCc1ccc(C(F)(F)F)o1. The highest BCUT2D eigenvalue weighted by Gasteiger charge is 2.34. The lowest BCUT2D eigenvalue weighted by atomic mass is 10.2. The van der Waals surface area contributed by atoms with E-state index in [0.29, 0.717) is 0 Å². The van der Waals surface area contributed by atoms with Crippen LogP contribution in [0.1, 0.15) is 38.7 Å². The lowest BCUT2D eigenvalue weighted by Crippen LogP contribution is -2.23. The number of carbonyl (C=O) groups excluding carboxylic acids is 1. The third kappa shape index (κ3) is 4.81. The van der Waals surface area contributed by atoms with E-state index in [0.717, 1.165) is 6.07 Å². The number of alkyl halides is 3. The fourth-order valence-electron chi connectivity index (χ4n) is 1.28. The number of halogens is 3. The van der Waals surface area contributed by atoms with Gasteiger partial charge >= 0.3 is 12.1 Å². The van der Waals surface area contributed by atoms with Gasteiger partial charge in [-0.25, -0.2) is 0 Å². The van der Waals surface area contributed by atoms with E-state index < -0.39 is 23.5 Å². The molecule has 18 heavy (non-hydrogen) atoms. The van der Waals surface area contributed by atoms with Gasteiger partial charge in [0, 0.05) is 6.42 Å². The van der Waals surface area contributed by atoms with Gasteiger partial charge in [0.2, 0.25) is 5.76 Å². The molecule has 0 aliphatic carbocycles. The summed E-state index contributed by atoms with van der Waals surface area (Å²) in [6.07, 6.45) is -4.42. The molecule has 1 rings (SSSR count). The minimum absolute atomic E-state index is 0.0118. The van der Waals surface area contributed by atoms with Gasteiger partial charge in [-0.15, -0.1) is 0 Å². The van der Waals surface area contributed by atoms with Crippen molar-refractivity contribution in [1.29, 1.82) is 0 Å². The normalized spacial score (nSPS) is 12.6. The summed E-state index contributed by atoms with van der Waals surface area (Å²) in [5.74, 6) is -1.40. The topological polar surface area (TPSA) is 39.4 Å². The molecule has 0 radical (unpaired) electrons. The fourth-order valence-corrected chi connectivity index (χ4v) is 1.28. The monoisotopic (exact) mass is 264 g/mol. The van der Waals surface area contributed by atoms with Crippen molar-refractivity contribution in [3.63, 3.8) is 0 Å². The minimum Gasteiger partial charge on any atom is -0.460 e. The van der Waals surface area contributed by atoms with Crippen molar-refractivity contribution in [2.75, 3.05) is 0 Å². The molecular weight excluding hydrogens is 249 g/mol. The lowest BCUT2D eigenvalue weighted by Gasteiger charge is -2.19. The zero-order valence-electron chi connectivity index (χ0n) is 10.4. The summed E-state index contributed by atoms with van der Waals surface area (Å²) in [4.78, 5) is 11.3. The standard InChI is InChI=1S/C12H15F3O3/c1-11(2,3)18-10(16)7-5-8-4-6-9(17-8)12(13,14)15/h4,6H,5,7H2,1-3H3. The molecule has 0 atom stereocenters. The number of esters is 1. The van der Waals surface area contributed by atoms with E-state index in [-0.39, 0.29) is 18.6 Å². The van der Waals surface area contributed by atoms with Gasteiger partial charge in [0.1, 0.15) is 11.4 Å². The lowest BCUT2D eigenvalue weighted by molar-refractivity contribution is -0.154. The molecule has 0 N–H and O–H groups in total. The van der Waals surface area contributed by atoms with Gasteiger partial charge in [-0.1, -0.05) is 0 Å². The van der Waals surface area contributed by atoms with Crippen LogP contribution in [0.3, 0.4) is 0 Å². The Morgan fingerprint density at radius 3 is 2.33 bits per heavy atom. The molecule has 1 aromatic rings. The van der Waals surface area contributed by atoms with E-state index in [2.05, 4.69) is 4.42 Å². The number of carbonyl (C=O) groups is 1. The Morgan fingerprint density at radius 2 is 1.89 bits per heavy atom. The molecule has 6 heteroatoms. The van der Waals surface area contributed by atoms with Gasteiger partial charge in [-0.2, -0.15) is 13.2 Å². The van der Waals surface area contributed by atoms with Crippen LogP contribution in [0.25, 0.3) is 0 Å².